The molecular weight excluding hydrogens is 296 g/mol. The van der Waals surface area contributed by atoms with Gasteiger partial charge in [-0.3, -0.25) is 4.98 Å². The van der Waals surface area contributed by atoms with Crippen molar-refractivity contribution in [3.05, 3.63) is 58.3 Å². The predicted molar refractivity (Wildman–Crippen MR) is 72.7 cm³/mol. The van der Waals surface area contributed by atoms with E-state index in [4.69, 9.17) is 5.11 Å². The lowest BCUT2D eigenvalue weighted by Gasteiger charge is -2.09. The van der Waals surface area contributed by atoms with E-state index in [1.807, 2.05) is 24.3 Å². The first-order valence-electron chi connectivity index (χ1n) is 5.32. The van der Waals surface area contributed by atoms with Crippen LogP contribution in [0.25, 0.3) is 0 Å². The molecule has 0 bridgehead atoms. The summed E-state index contributed by atoms with van der Waals surface area (Å²) in [4.78, 5) is 14.8. The van der Waals surface area contributed by atoms with E-state index in [1.54, 1.807) is 12.3 Å². The number of nitrogens with zero attached hydrogens (tertiary/aromatic N) is 1. The lowest BCUT2D eigenvalue weighted by atomic mass is 10.2. The van der Waals surface area contributed by atoms with Crippen molar-refractivity contribution >= 4 is 27.6 Å². The van der Waals surface area contributed by atoms with Crippen molar-refractivity contribution in [3.63, 3.8) is 0 Å². The molecule has 0 saturated carbocycles. The van der Waals surface area contributed by atoms with Gasteiger partial charge in [0.15, 0.2) is 0 Å². The third-order valence-electron chi connectivity index (χ3n) is 2.42. The molecule has 5 heteroatoms. The number of halogens is 1. The summed E-state index contributed by atoms with van der Waals surface area (Å²) in [6, 6.07) is 9.49. The molecule has 0 aliphatic heterocycles. The van der Waals surface area contributed by atoms with Crippen molar-refractivity contribution in [2.75, 3.05) is 5.32 Å². The number of hydrogen-bond donors (Lipinski definition) is 2. The second-order valence-corrected chi connectivity index (χ2v) is 4.63. The van der Waals surface area contributed by atoms with Crippen molar-refractivity contribution in [1.82, 2.24) is 4.98 Å². The van der Waals surface area contributed by atoms with E-state index in [-0.39, 0.29) is 5.56 Å². The highest BCUT2D eigenvalue weighted by atomic mass is 79.9. The molecule has 0 radical (unpaired) electrons. The number of benzene rings is 1. The number of aromatic carboxylic acids is 1. The number of nitrogens with one attached hydrogen (secondary N) is 1. The summed E-state index contributed by atoms with van der Waals surface area (Å²) in [5.41, 5.74) is 1.81. The smallest absolute Gasteiger partial charge is 0.339 e. The van der Waals surface area contributed by atoms with E-state index < -0.39 is 5.97 Å². The lowest BCUT2D eigenvalue weighted by molar-refractivity contribution is 0.0697. The molecule has 2 N–H and O–H groups in total. The first-order chi connectivity index (χ1) is 8.66. The summed E-state index contributed by atoms with van der Waals surface area (Å²) in [6.45, 7) is 0.559. The summed E-state index contributed by atoms with van der Waals surface area (Å²) in [5, 5.41) is 12.1. The lowest BCUT2D eigenvalue weighted by Crippen LogP contribution is -2.06. The molecule has 92 valence electrons. The van der Waals surface area contributed by atoms with E-state index in [9.17, 15) is 4.79 Å². The van der Waals surface area contributed by atoms with Crippen LogP contribution in [0.3, 0.4) is 0 Å². The minimum absolute atomic E-state index is 0.174. The standard InChI is InChI=1S/C13H11BrN2O2/c14-10-3-1-2-9(6-10)7-16-12-4-5-15-8-11(12)13(17)18/h1-6,8H,7H2,(H,15,16)(H,17,18). The topological polar surface area (TPSA) is 62.2 Å². The van der Waals surface area contributed by atoms with Crippen LogP contribution in [0.4, 0.5) is 5.69 Å². The molecule has 1 aromatic heterocycles. The number of carbonyl (C=O) groups is 1. The fraction of sp³-hybridized carbons (Fsp3) is 0.0769. The summed E-state index contributed by atoms with van der Waals surface area (Å²) < 4.78 is 0.995. The highest BCUT2D eigenvalue weighted by Crippen LogP contribution is 2.16. The Morgan fingerprint density at radius 2 is 2.22 bits per heavy atom. The maximum atomic E-state index is 11.0. The minimum Gasteiger partial charge on any atom is -0.478 e. The van der Waals surface area contributed by atoms with E-state index in [1.165, 1.54) is 6.20 Å². The largest absolute Gasteiger partial charge is 0.478 e. The molecule has 2 rings (SSSR count). The molecule has 0 aliphatic rings. The molecule has 1 heterocycles. The monoisotopic (exact) mass is 306 g/mol. The van der Waals surface area contributed by atoms with Crippen LogP contribution in [0.1, 0.15) is 15.9 Å². The third-order valence-corrected chi connectivity index (χ3v) is 2.92. The van der Waals surface area contributed by atoms with E-state index in [0.717, 1.165) is 10.0 Å². The van der Waals surface area contributed by atoms with Gasteiger partial charge in [-0.1, -0.05) is 28.1 Å². The van der Waals surface area contributed by atoms with Crippen molar-refractivity contribution < 1.29 is 9.90 Å². The maximum absolute atomic E-state index is 11.0. The van der Waals surface area contributed by atoms with E-state index >= 15 is 0 Å². The maximum Gasteiger partial charge on any atom is 0.339 e. The first kappa shape index (κ1) is 12.6. The second-order valence-electron chi connectivity index (χ2n) is 3.71. The van der Waals surface area contributed by atoms with Gasteiger partial charge in [0, 0.05) is 23.4 Å². The molecular formula is C13H11BrN2O2. The Bertz CT molecular complexity index is 572. The first-order valence-corrected chi connectivity index (χ1v) is 6.12. The Morgan fingerprint density at radius 3 is 2.94 bits per heavy atom. The average Bonchev–Trinajstić information content (AvgIpc) is 2.37. The van der Waals surface area contributed by atoms with E-state index in [2.05, 4.69) is 26.2 Å². The molecule has 4 nitrogen and oxygen atoms in total. The summed E-state index contributed by atoms with van der Waals surface area (Å²) in [6.07, 6.45) is 2.90. The average molecular weight is 307 g/mol. The van der Waals surface area contributed by atoms with Crippen molar-refractivity contribution in [2.45, 2.75) is 6.54 Å². The van der Waals surface area contributed by atoms with Crippen LogP contribution >= 0.6 is 15.9 Å². The Morgan fingerprint density at radius 1 is 1.39 bits per heavy atom. The van der Waals surface area contributed by atoms with Gasteiger partial charge >= 0.3 is 5.97 Å². The van der Waals surface area contributed by atoms with Crippen LogP contribution in [0.15, 0.2) is 47.2 Å². The van der Waals surface area contributed by atoms with Gasteiger partial charge in [-0.15, -0.1) is 0 Å². The highest BCUT2D eigenvalue weighted by molar-refractivity contribution is 9.10. The SMILES string of the molecule is O=C(O)c1cnccc1NCc1cccc(Br)c1. The predicted octanol–water partition coefficient (Wildman–Crippen LogP) is 3.15. The van der Waals surface area contributed by atoms with Crippen LogP contribution in [-0.4, -0.2) is 16.1 Å². The highest BCUT2D eigenvalue weighted by Gasteiger charge is 2.09. The quantitative estimate of drug-likeness (QED) is 0.911. The van der Waals surface area contributed by atoms with Crippen LogP contribution in [0.2, 0.25) is 0 Å². The second kappa shape index (κ2) is 5.64. The zero-order valence-electron chi connectivity index (χ0n) is 9.43. The summed E-state index contributed by atoms with van der Waals surface area (Å²) in [7, 11) is 0. The van der Waals surface area contributed by atoms with Crippen molar-refractivity contribution in [1.29, 1.82) is 0 Å². The van der Waals surface area contributed by atoms with Gasteiger partial charge in [0.25, 0.3) is 0 Å². The number of rotatable bonds is 4. The molecule has 1 aromatic carbocycles. The van der Waals surface area contributed by atoms with Gasteiger partial charge in [0.1, 0.15) is 5.56 Å². The summed E-state index contributed by atoms with van der Waals surface area (Å²) in [5.74, 6) is -0.986. The minimum atomic E-state index is -0.986. The van der Waals surface area contributed by atoms with Crippen LogP contribution < -0.4 is 5.32 Å². The zero-order chi connectivity index (χ0) is 13.0. The van der Waals surface area contributed by atoms with Crippen LogP contribution in [-0.2, 0) is 6.54 Å². The number of aromatic nitrogens is 1. The third kappa shape index (κ3) is 3.07. The Labute approximate surface area is 113 Å². The Hall–Kier alpha value is -1.88. The number of anilines is 1. The van der Waals surface area contributed by atoms with Gasteiger partial charge in [-0.2, -0.15) is 0 Å². The van der Waals surface area contributed by atoms with Gasteiger partial charge in [-0.25, -0.2) is 4.79 Å². The molecule has 2 aromatic rings. The number of hydrogen-bond acceptors (Lipinski definition) is 3. The van der Waals surface area contributed by atoms with Gasteiger partial charge in [0.05, 0.1) is 5.69 Å². The molecule has 0 saturated heterocycles. The molecule has 0 fully saturated rings. The fourth-order valence-corrected chi connectivity index (χ4v) is 2.01. The molecule has 0 aliphatic carbocycles. The van der Waals surface area contributed by atoms with E-state index in [0.29, 0.717) is 12.2 Å². The molecule has 18 heavy (non-hydrogen) atoms. The molecule has 0 unspecified atom stereocenters. The zero-order valence-corrected chi connectivity index (χ0v) is 11.0. The molecule has 0 spiro atoms. The van der Waals surface area contributed by atoms with Crippen molar-refractivity contribution in [2.24, 2.45) is 0 Å². The fourth-order valence-electron chi connectivity index (χ4n) is 1.56. The van der Waals surface area contributed by atoms with Crippen LogP contribution in [0.5, 0.6) is 0 Å². The van der Waals surface area contributed by atoms with Gasteiger partial charge in [0.2, 0.25) is 0 Å². The van der Waals surface area contributed by atoms with Crippen molar-refractivity contribution in [3.8, 4) is 0 Å². The number of pyridine rings is 1. The van der Waals surface area contributed by atoms with Gasteiger partial charge < -0.3 is 10.4 Å². The normalized spacial score (nSPS) is 10.1. The Balaban J connectivity index is 2.13. The summed E-state index contributed by atoms with van der Waals surface area (Å²) >= 11 is 3.39. The molecule has 0 amide bonds. The Kier molecular flexibility index (Phi) is 3.94. The molecule has 0 atom stereocenters. The number of carboxylic acids is 1. The number of carboxylic acid groups (broad SMARTS) is 1. The van der Waals surface area contributed by atoms with Gasteiger partial charge in [-0.05, 0) is 23.8 Å². The van der Waals surface area contributed by atoms with Crippen LogP contribution in [0, 0.1) is 0 Å².